The number of fused-ring (bicyclic) bond motifs is 1. The van der Waals surface area contributed by atoms with Crippen molar-refractivity contribution in [3.05, 3.63) is 65.7 Å². The van der Waals surface area contributed by atoms with Gasteiger partial charge in [0.05, 0.1) is 18.0 Å². The lowest BCUT2D eigenvalue weighted by Crippen LogP contribution is -2.55. The van der Waals surface area contributed by atoms with Gasteiger partial charge in [-0.05, 0) is 30.0 Å². The van der Waals surface area contributed by atoms with Crippen LogP contribution < -0.4 is 20.7 Å². The normalized spacial score (nSPS) is 21.9. The first kappa shape index (κ1) is 24.8. The standard InChI is InChI=1S/C25H29N3O6/c1-15(2)22-24(31)26-17(12-16-8-4-3-5-9-16)14-34-20-11-7-6-10-18(20)23(30)27-19(25(32)33)13-21(29)28-22/h3-11,15,17,19,22H,12-14H2,1-2H3,(H,26,31)(H,27,30)(H,28,29)(H,32,33)/t17-,19+,22+/m1/s1. The summed E-state index contributed by atoms with van der Waals surface area (Å²) in [4.78, 5) is 50.3. The predicted molar refractivity (Wildman–Crippen MR) is 124 cm³/mol. The van der Waals surface area contributed by atoms with E-state index >= 15 is 0 Å². The molecule has 0 radical (unpaired) electrons. The lowest BCUT2D eigenvalue weighted by Gasteiger charge is -2.27. The smallest absolute Gasteiger partial charge is 0.326 e. The molecular weight excluding hydrogens is 438 g/mol. The van der Waals surface area contributed by atoms with E-state index in [1.165, 1.54) is 6.07 Å². The zero-order valence-corrected chi connectivity index (χ0v) is 19.1. The number of para-hydroxylation sites is 1. The van der Waals surface area contributed by atoms with Crippen LogP contribution in [0.1, 0.15) is 36.2 Å². The summed E-state index contributed by atoms with van der Waals surface area (Å²) in [5, 5.41) is 17.5. The zero-order valence-electron chi connectivity index (χ0n) is 19.1. The maximum absolute atomic E-state index is 13.1. The number of nitrogens with one attached hydrogen (secondary N) is 3. The van der Waals surface area contributed by atoms with E-state index in [2.05, 4.69) is 16.0 Å². The molecule has 3 amide bonds. The number of aliphatic carboxylic acids is 1. The third-order valence-electron chi connectivity index (χ3n) is 5.50. The van der Waals surface area contributed by atoms with E-state index in [-0.39, 0.29) is 23.8 Å². The molecule has 1 aliphatic rings. The third kappa shape index (κ3) is 6.57. The molecule has 3 rings (SSSR count). The van der Waals surface area contributed by atoms with Crippen LogP contribution in [0.25, 0.3) is 0 Å². The Balaban J connectivity index is 1.95. The Bertz CT molecular complexity index is 1040. The van der Waals surface area contributed by atoms with Gasteiger partial charge in [0.1, 0.15) is 24.4 Å². The van der Waals surface area contributed by atoms with Gasteiger partial charge in [0.2, 0.25) is 11.8 Å². The number of carbonyl (C=O) groups excluding carboxylic acids is 3. The Morgan fingerprint density at radius 2 is 1.68 bits per heavy atom. The van der Waals surface area contributed by atoms with E-state index in [1.54, 1.807) is 32.0 Å². The molecule has 0 aliphatic carbocycles. The Labute approximate surface area is 197 Å². The fraction of sp³-hybridized carbons (Fsp3) is 0.360. The zero-order chi connectivity index (χ0) is 24.7. The molecule has 0 spiro atoms. The number of carboxylic acids is 1. The molecule has 9 heteroatoms. The molecule has 3 atom stereocenters. The van der Waals surface area contributed by atoms with Crippen molar-refractivity contribution in [2.24, 2.45) is 5.92 Å². The topological polar surface area (TPSA) is 134 Å². The van der Waals surface area contributed by atoms with Crippen LogP contribution in [0.3, 0.4) is 0 Å². The van der Waals surface area contributed by atoms with Crippen molar-refractivity contribution < 1.29 is 29.0 Å². The molecule has 0 aromatic heterocycles. The van der Waals surface area contributed by atoms with Crippen molar-refractivity contribution in [3.63, 3.8) is 0 Å². The number of rotatable bonds is 4. The number of carbonyl (C=O) groups is 4. The van der Waals surface area contributed by atoms with E-state index in [9.17, 15) is 24.3 Å². The Hall–Kier alpha value is -3.88. The molecule has 0 bridgehead atoms. The van der Waals surface area contributed by atoms with Crippen LogP contribution in [-0.2, 0) is 20.8 Å². The summed E-state index contributed by atoms with van der Waals surface area (Å²) in [5.41, 5.74) is 1.12. The molecule has 4 N–H and O–H groups in total. The Morgan fingerprint density at radius 1 is 1.00 bits per heavy atom. The van der Waals surface area contributed by atoms with Crippen molar-refractivity contribution in [2.75, 3.05) is 6.61 Å². The molecule has 1 aliphatic heterocycles. The molecule has 180 valence electrons. The number of benzene rings is 2. The van der Waals surface area contributed by atoms with Gasteiger partial charge in [0.25, 0.3) is 5.91 Å². The molecule has 0 unspecified atom stereocenters. The number of hydrogen-bond donors (Lipinski definition) is 4. The minimum absolute atomic E-state index is 0.0616. The first-order valence-corrected chi connectivity index (χ1v) is 11.1. The van der Waals surface area contributed by atoms with Gasteiger partial charge in [-0.15, -0.1) is 0 Å². The van der Waals surface area contributed by atoms with Crippen LogP contribution in [-0.4, -0.2) is 53.5 Å². The molecule has 0 saturated heterocycles. The van der Waals surface area contributed by atoms with Gasteiger partial charge in [-0.3, -0.25) is 14.4 Å². The number of ether oxygens (including phenoxy) is 1. The summed E-state index contributed by atoms with van der Waals surface area (Å²) in [7, 11) is 0. The minimum atomic E-state index is -1.47. The molecule has 0 fully saturated rings. The molecule has 2 aromatic carbocycles. The summed E-state index contributed by atoms with van der Waals surface area (Å²) in [6.45, 7) is 3.62. The molecule has 34 heavy (non-hydrogen) atoms. The molecule has 9 nitrogen and oxygen atoms in total. The summed E-state index contributed by atoms with van der Waals surface area (Å²) in [6.07, 6.45) is -0.0468. The van der Waals surface area contributed by atoms with Crippen LogP contribution in [0.4, 0.5) is 0 Å². The van der Waals surface area contributed by atoms with Gasteiger partial charge in [-0.25, -0.2) is 4.79 Å². The summed E-state index contributed by atoms with van der Waals surface area (Å²) in [5.74, 6) is -3.08. The van der Waals surface area contributed by atoms with Gasteiger partial charge in [-0.2, -0.15) is 0 Å². The predicted octanol–water partition coefficient (Wildman–Crippen LogP) is 1.52. The van der Waals surface area contributed by atoms with Crippen molar-refractivity contribution in [2.45, 2.75) is 44.8 Å². The second-order valence-electron chi connectivity index (χ2n) is 8.56. The fourth-order valence-corrected chi connectivity index (χ4v) is 3.70. The van der Waals surface area contributed by atoms with Crippen LogP contribution in [0.5, 0.6) is 5.75 Å². The number of amides is 3. The van der Waals surface area contributed by atoms with Gasteiger partial charge in [0.15, 0.2) is 0 Å². The fourth-order valence-electron chi connectivity index (χ4n) is 3.70. The van der Waals surface area contributed by atoms with Crippen molar-refractivity contribution in [1.82, 2.24) is 16.0 Å². The average molecular weight is 468 g/mol. The molecule has 1 heterocycles. The van der Waals surface area contributed by atoms with Crippen molar-refractivity contribution in [3.8, 4) is 5.75 Å². The van der Waals surface area contributed by atoms with E-state index in [4.69, 9.17) is 4.74 Å². The number of hydrogen-bond acceptors (Lipinski definition) is 5. The maximum atomic E-state index is 13.1. The van der Waals surface area contributed by atoms with E-state index in [0.29, 0.717) is 6.42 Å². The quantitative estimate of drug-likeness (QED) is 0.539. The van der Waals surface area contributed by atoms with Crippen LogP contribution in [0.15, 0.2) is 54.6 Å². The van der Waals surface area contributed by atoms with E-state index in [1.807, 2.05) is 30.3 Å². The minimum Gasteiger partial charge on any atom is -0.491 e. The maximum Gasteiger partial charge on any atom is 0.326 e. The molecular formula is C25H29N3O6. The van der Waals surface area contributed by atoms with E-state index < -0.39 is 48.2 Å². The highest BCUT2D eigenvalue weighted by atomic mass is 16.5. The van der Waals surface area contributed by atoms with Gasteiger partial charge in [0, 0.05) is 0 Å². The highest BCUT2D eigenvalue weighted by Gasteiger charge is 2.31. The Morgan fingerprint density at radius 3 is 2.35 bits per heavy atom. The summed E-state index contributed by atoms with van der Waals surface area (Å²) in [6, 6.07) is 13.2. The monoisotopic (exact) mass is 467 g/mol. The summed E-state index contributed by atoms with van der Waals surface area (Å²) >= 11 is 0. The SMILES string of the molecule is CC(C)[C@@H]1NC(=O)C[C@@H](C(=O)O)NC(=O)c2ccccc2OC[C@@H](Cc2ccccc2)NC1=O. The second-order valence-corrected chi connectivity index (χ2v) is 8.56. The van der Waals surface area contributed by atoms with Gasteiger partial charge in [-0.1, -0.05) is 56.3 Å². The highest BCUT2D eigenvalue weighted by Crippen LogP contribution is 2.19. The largest absolute Gasteiger partial charge is 0.491 e. The lowest BCUT2D eigenvalue weighted by atomic mass is 10.0. The first-order chi connectivity index (χ1) is 16.2. The Kier molecular flexibility index (Phi) is 8.24. The second kappa shape index (κ2) is 11.3. The summed E-state index contributed by atoms with van der Waals surface area (Å²) < 4.78 is 5.94. The van der Waals surface area contributed by atoms with Crippen molar-refractivity contribution >= 4 is 23.7 Å². The first-order valence-electron chi connectivity index (χ1n) is 11.1. The third-order valence-corrected chi connectivity index (χ3v) is 5.50. The van der Waals surface area contributed by atoms with Crippen LogP contribution >= 0.6 is 0 Å². The van der Waals surface area contributed by atoms with E-state index in [0.717, 1.165) is 5.56 Å². The van der Waals surface area contributed by atoms with Gasteiger partial charge < -0.3 is 25.8 Å². The van der Waals surface area contributed by atoms with Gasteiger partial charge >= 0.3 is 5.97 Å². The molecule has 2 aromatic rings. The average Bonchev–Trinajstić information content (AvgIpc) is 2.80. The van der Waals surface area contributed by atoms with Crippen LogP contribution in [0.2, 0.25) is 0 Å². The number of carboxylic acid groups (broad SMARTS) is 1. The van der Waals surface area contributed by atoms with Crippen LogP contribution in [0, 0.1) is 5.92 Å². The molecule has 0 saturated carbocycles. The lowest BCUT2D eigenvalue weighted by molar-refractivity contribution is -0.141. The van der Waals surface area contributed by atoms with Crippen molar-refractivity contribution in [1.29, 1.82) is 0 Å². The highest BCUT2D eigenvalue weighted by molar-refractivity contribution is 6.00.